The molecule has 8 nitrogen and oxygen atoms in total. The van der Waals surface area contributed by atoms with Gasteiger partial charge in [-0.3, -0.25) is 9.88 Å². The Bertz CT molecular complexity index is 1220. The first-order chi connectivity index (χ1) is 16.2. The lowest BCUT2D eigenvalue weighted by molar-refractivity contribution is 0.206. The first-order valence-corrected chi connectivity index (χ1v) is 11.4. The summed E-state index contributed by atoms with van der Waals surface area (Å²) in [6.45, 7) is 3.26. The Morgan fingerprint density at radius 2 is 2.06 bits per heavy atom. The van der Waals surface area contributed by atoms with Gasteiger partial charge in [-0.25, -0.2) is 9.50 Å². The van der Waals surface area contributed by atoms with Crippen molar-refractivity contribution in [3.63, 3.8) is 0 Å². The van der Waals surface area contributed by atoms with Crippen LogP contribution in [0, 0.1) is 0 Å². The van der Waals surface area contributed by atoms with Gasteiger partial charge in [-0.15, -0.1) is 0 Å². The van der Waals surface area contributed by atoms with Crippen LogP contribution in [-0.2, 0) is 13.2 Å². The number of fused-ring (bicyclic) bond motifs is 1. The van der Waals surface area contributed by atoms with Gasteiger partial charge in [0.05, 0.1) is 5.02 Å². The molecule has 1 fully saturated rings. The number of hydrogen-bond acceptors (Lipinski definition) is 7. The number of piperidine rings is 1. The molecule has 3 N–H and O–H groups in total. The fraction of sp³-hybridized carbons (Fsp3) is 0.292. The van der Waals surface area contributed by atoms with Crippen molar-refractivity contribution in [1.29, 1.82) is 0 Å². The van der Waals surface area contributed by atoms with Crippen LogP contribution in [0.15, 0.2) is 61.3 Å². The van der Waals surface area contributed by atoms with Gasteiger partial charge in [0.25, 0.3) is 0 Å². The van der Waals surface area contributed by atoms with Gasteiger partial charge in [0.1, 0.15) is 24.2 Å². The van der Waals surface area contributed by atoms with E-state index in [4.69, 9.17) is 22.1 Å². The quantitative estimate of drug-likeness (QED) is 0.427. The van der Waals surface area contributed by atoms with Crippen LogP contribution in [0.25, 0.3) is 5.52 Å². The maximum absolute atomic E-state index is 6.50. The van der Waals surface area contributed by atoms with Gasteiger partial charge in [-0.2, -0.15) is 5.10 Å². The van der Waals surface area contributed by atoms with E-state index < -0.39 is 0 Å². The summed E-state index contributed by atoms with van der Waals surface area (Å²) in [5.41, 5.74) is 10.0. The molecule has 0 amide bonds. The number of pyridine rings is 1. The number of benzene rings is 1. The van der Waals surface area contributed by atoms with Crippen LogP contribution in [-0.4, -0.2) is 43.6 Å². The van der Waals surface area contributed by atoms with E-state index in [0.717, 1.165) is 55.1 Å². The molecule has 1 aromatic carbocycles. The SMILES string of the molecule is NC1CCN(Cc2ccn3ncnc(Nc4ccc(OCc5cccnc5)c(Cl)c4)c23)CC1. The largest absolute Gasteiger partial charge is 0.487 e. The van der Waals surface area contributed by atoms with Crippen molar-refractivity contribution in [2.45, 2.75) is 32.0 Å². The van der Waals surface area contributed by atoms with Crippen molar-refractivity contribution in [3.05, 3.63) is 77.5 Å². The zero-order valence-electron chi connectivity index (χ0n) is 18.2. The van der Waals surface area contributed by atoms with E-state index in [1.165, 1.54) is 5.56 Å². The third kappa shape index (κ3) is 5.08. The molecule has 1 saturated heterocycles. The third-order valence-electron chi connectivity index (χ3n) is 5.88. The molecule has 0 unspecified atom stereocenters. The van der Waals surface area contributed by atoms with Crippen LogP contribution < -0.4 is 15.8 Å². The maximum atomic E-state index is 6.50. The Kier molecular flexibility index (Phi) is 6.39. The minimum atomic E-state index is 0.314. The maximum Gasteiger partial charge on any atom is 0.158 e. The number of nitrogens with one attached hydrogen (secondary N) is 1. The molecule has 0 radical (unpaired) electrons. The molecule has 5 rings (SSSR count). The molecule has 170 valence electrons. The second kappa shape index (κ2) is 9.74. The Balaban J connectivity index is 1.32. The highest BCUT2D eigenvalue weighted by Crippen LogP contribution is 2.31. The summed E-state index contributed by atoms with van der Waals surface area (Å²) < 4.78 is 7.71. The minimum absolute atomic E-state index is 0.314. The van der Waals surface area contributed by atoms with E-state index >= 15 is 0 Å². The second-order valence-corrected chi connectivity index (χ2v) is 8.68. The molecule has 9 heteroatoms. The summed E-state index contributed by atoms with van der Waals surface area (Å²) in [6, 6.07) is 11.9. The lowest BCUT2D eigenvalue weighted by Crippen LogP contribution is -2.39. The van der Waals surface area contributed by atoms with E-state index in [-0.39, 0.29) is 0 Å². The fourth-order valence-corrected chi connectivity index (χ4v) is 4.30. The number of nitrogens with two attached hydrogens (primary N) is 1. The first kappa shape index (κ1) is 21.6. The number of rotatable bonds is 7. The first-order valence-electron chi connectivity index (χ1n) is 11.0. The number of likely N-dealkylation sites (tertiary alicyclic amines) is 1. The molecule has 33 heavy (non-hydrogen) atoms. The number of halogens is 1. The zero-order chi connectivity index (χ0) is 22.6. The highest BCUT2D eigenvalue weighted by atomic mass is 35.5. The van der Waals surface area contributed by atoms with Crippen LogP contribution in [0.3, 0.4) is 0 Å². The lowest BCUT2D eigenvalue weighted by Gasteiger charge is -2.29. The standard InChI is InChI=1S/C24H26ClN7O/c25-21-12-20(3-4-22(21)33-15-17-2-1-8-27-13-17)30-24-23-18(5-11-32(23)29-16-28-24)14-31-9-6-19(26)7-10-31/h1-5,8,11-13,16,19H,6-7,9-10,14-15,26H2,(H,28,29,30). The average molecular weight is 464 g/mol. The topological polar surface area (TPSA) is 93.6 Å². The molecule has 1 aliphatic rings. The Labute approximate surface area is 197 Å². The molecule has 0 atom stereocenters. The Morgan fingerprint density at radius 3 is 2.85 bits per heavy atom. The smallest absolute Gasteiger partial charge is 0.158 e. The molecular weight excluding hydrogens is 438 g/mol. The minimum Gasteiger partial charge on any atom is -0.487 e. The Hall–Kier alpha value is -3.20. The van der Waals surface area contributed by atoms with Crippen LogP contribution in [0.4, 0.5) is 11.5 Å². The van der Waals surface area contributed by atoms with Gasteiger partial charge >= 0.3 is 0 Å². The monoisotopic (exact) mass is 463 g/mol. The highest BCUT2D eigenvalue weighted by Gasteiger charge is 2.19. The van der Waals surface area contributed by atoms with Crippen LogP contribution in [0.2, 0.25) is 5.02 Å². The van der Waals surface area contributed by atoms with Gasteiger partial charge in [0.15, 0.2) is 5.82 Å². The molecule has 1 aliphatic heterocycles. The zero-order valence-corrected chi connectivity index (χ0v) is 18.9. The molecule has 4 heterocycles. The predicted molar refractivity (Wildman–Crippen MR) is 129 cm³/mol. The Morgan fingerprint density at radius 1 is 1.18 bits per heavy atom. The van der Waals surface area contributed by atoms with Crippen LogP contribution in [0.5, 0.6) is 5.75 Å². The number of ether oxygens (including phenoxy) is 1. The molecule has 4 aromatic rings. The van der Waals surface area contributed by atoms with Crippen molar-refractivity contribution in [2.24, 2.45) is 5.73 Å². The number of hydrogen-bond donors (Lipinski definition) is 2. The van der Waals surface area contributed by atoms with Crippen molar-refractivity contribution in [3.8, 4) is 5.75 Å². The molecule has 0 aliphatic carbocycles. The summed E-state index contributed by atoms with van der Waals surface area (Å²) in [5, 5.41) is 8.29. The van der Waals surface area contributed by atoms with Crippen molar-refractivity contribution in [2.75, 3.05) is 18.4 Å². The second-order valence-electron chi connectivity index (χ2n) is 8.28. The van der Waals surface area contributed by atoms with Crippen LogP contribution >= 0.6 is 11.6 Å². The van der Waals surface area contributed by atoms with Crippen molar-refractivity contribution >= 4 is 28.6 Å². The average Bonchev–Trinajstić information content (AvgIpc) is 3.24. The molecule has 0 saturated carbocycles. The van der Waals surface area contributed by atoms with Gasteiger partial charge in [0, 0.05) is 42.4 Å². The van der Waals surface area contributed by atoms with E-state index in [9.17, 15) is 0 Å². The summed E-state index contributed by atoms with van der Waals surface area (Å²) >= 11 is 6.50. The lowest BCUT2D eigenvalue weighted by atomic mass is 10.1. The normalized spacial score (nSPS) is 15.1. The summed E-state index contributed by atoms with van der Waals surface area (Å²) in [4.78, 5) is 11.0. The van der Waals surface area contributed by atoms with Gasteiger partial charge in [-0.1, -0.05) is 17.7 Å². The fourth-order valence-electron chi connectivity index (χ4n) is 4.07. The van der Waals surface area contributed by atoms with Gasteiger partial charge in [-0.05, 0) is 61.8 Å². The van der Waals surface area contributed by atoms with Gasteiger partial charge in [0.2, 0.25) is 0 Å². The van der Waals surface area contributed by atoms with E-state index in [1.54, 1.807) is 18.7 Å². The third-order valence-corrected chi connectivity index (χ3v) is 6.17. The number of aromatic nitrogens is 4. The predicted octanol–water partition coefficient (Wildman–Crippen LogP) is 4.02. The van der Waals surface area contributed by atoms with Crippen molar-refractivity contribution < 1.29 is 4.74 Å². The van der Waals surface area contributed by atoms with E-state index in [2.05, 4.69) is 31.3 Å². The van der Waals surface area contributed by atoms with Gasteiger partial charge < -0.3 is 15.8 Å². The number of nitrogens with zero attached hydrogens (tertiary/aromatic N) is 5. The van der Waals surface area contributed by atoms with E-state index in [1.807, 2.05) is 41.0 Å². The van der Waals surface area contributed by atoms with E-state index in [0.29, 0.717) is 23.4 Å². The number of anilines is 2. The summed E-state index contributed by atoms with van der Waals surface area (Å²) in [7, 11) is 0. The van der Waals surface area contributed by atoms with Crippen LogP contribution in [0.1, 0.15) is 24.0 Å². The summed E-state index contributed by atoms with van der Waals surface area (Å²) in [5.74, 6) is 1.35. The summed E-state index contributed by atoms with van der Waals surface area (Å²) in [6.07, 6.45) is 9.08. The molecule has 3 aromatic heterocycles. The molecule has 0 bridgehead atoms. The molecule has 0 spiro atoms. The van der Waals surface area contributed by atoms with Crippen molar-refractivity contribution in [1.82, 2.24) is 24.5 Å². The molecular formula is C24H26ClN7O. The highest BCUT2D eigenvalue weighted by molar-refractivity contribution is 6.32.